The maximum Gasteiger partial charge on any atom is 0.244 e. The van der Waals surface area contributed by atoms with Crippen LogP contribution in [0.5, 0.6) is 0 Å². The molecule has 2 rings (SSSR count). The maximum absolute atomic E-state index is 12.4. The number of aromatic nitrogens is 2. The molecule has 8 heteroatoms. The highest BCUT2D eigenvalue weighted by atomic mass is 32.2. The first-order valence-corrected chi connectivity index (χ1v) is 8.47. The maximum atomic E-state index is 12.4. The first-order chi connectivity index (χ1) is 9.44. The molecule has 0 bridgehead atoms. The summed E-state index contributed by atoms with van der Waals surface area (Å²) in [4.78, 5) is 2.39. The third-order valence-electron chi connectivity index (χ3n) is 2.81. The molecule has 0 aromatic carbocycles. The molecule has 0 aliphatic heterocycles. The summed E-state index contributed by atoms with van der Waals surface area (Å²) in [7, 11) is -1.81. The van der Waals surface area contributed by atoms with E-state index in [0.29, 0.717) is 24.5 Å². The molecule has 0 saturated heterocycles. The van der Waals surface area contributed by atoms with E-state index < -0.39 is 10.0 Å². The van der Waals surface area contributed by atoms with Crippen LogP contribution in [-0.4, -0.2) is 25.7 Å². The lowest BCUT2D eigenvalue weighted by Gasteiger charge is -2.07. The Hall–Kier alpha value is -1.22. The summed E-state index contributed by atoms with van der Waals surface area (Å²) in [6.07, 6.45) is 0. The SMILES string of the molecule is CNCc1n[nH]c(C)c1S(=O)(=O)NCc1ccc(C)s1. The summed E-state index contributed by atoms with van der Waals surface area (Å²) in [5, 5.41) is 9.66. The molecule has 3 N–H and O–H groups in total. The van der Waals surface area contributed by atoms with Crippen molar-refractivity contribution >= 4 is 21.4 Å². The van der Waals surface area contributed by atoms with Gasteiger partial charge < -0.3 is 5.32 Å². The second kappa shape index (κ2) is 6.04. The molecule has 0 radical (unpaired) electrons. The third-order valence-corrected chi connectivity index (χ3v) is 5.41. The Kier molecular flexibility index (Phi) is 4.59. The number of aryl methyl sites for hydroxylation is 2. The van der Waals surface area contributed by atoms with Crippen molar-refractivity contribution in [3.05, 3.63) is 33.3 Å². The molecule has 0 fully saturated rings. The summed E-state index contributed by atoms with van der Waals surface area (Å²) in [6, 6.07) is 3.91. The number of thiophene rings is 1. The highest BCUT2D eigenvalue weighted by Gasteiger charge is 2.23. The normalized spacial score (nSPS) is 11.9. The van der Waals surface area contributed by atoms with Crippen molar-refractivity contribution < 1.29 is 8.42 Å². The first kappa shape index (κ1) is 15.2. The third kappa shape index (κ3) is 3.26. The molecule has 2 heterocycles. The predicted molar refractivity (Wildman–Crippen MR) is 79.2 cm³/mol. The van der Waals surface area contributed by atoms with Gasteiger partial charge in [-0.25, -0.2) is 13.1 Å². The average molecular weight is 314 g/mol. The Morgan fingerprint density at radius 2 is 2.05 bits per heavy atom. The van der Waals surface area contributed by atoms with Gasteiger partial charge in [-0.1, -0.05) is 0 Å². The topological polar surface area (TPSA) is 86.9 Å². The van der Waals surface area contributed by atoms with Crippen molar-refractivity contribution in [2.24, 2.45) is 0 Å². The van der Waals surface area contributed by atoms with E-state index in [4.69, 9.17) is 0 Å². The summed E-state index contributed by atoms with van der Waals surface area (Å²) in [5.41, 5.74) is 1.05. The molecule has 0 aliphatic carbocycles. The van der Waals surface area contributed by atoms with Crippen molar-refractivity contribution in [3.63, 3.8) is 0 Å². The zero-order chi connectivity index (χ0) is 14.8. The Morgan fingerprint density at radius 3 is 2.65 bits per heavy atom. The van der Waals surface area contributed by atoms with E-state index in [2.05, 4.69) is 20.2 Å². The van der Waals surface area contributed by atoms with Gasteiger partial charge in [0.15, 0.2) is 0 Å². The smallest absolute Gasteiger partial charge is 0.244 e. The highest BCUT2D eigenvalue weighted by molar-refractivity contribution is 7.89. The van der Waals surface area contributed by atoms with E-state index in [1.165, 1.54) is 0 Å². The van der Waals surface area contributed by atoms with Gasteiger partial charge in [-0.05, 0) is 33.0 Å². The van der Waals surface area contributed by atoms with Gasteiger partial charge >= 0.3 is 0 Å². The highest BCUT2D eigenvalue weighted by Crippen LogP contribution is 2.19. The van der Waals surface area contributed by atoms with Crippen LogP contribution in [0.3, 0.4) is 0 Å². The molecule has 0 aliphatic rings. The van der Waals surface area contributed by atoms with Crippen LogP contribution in [0, 0.1) is 13.8 Å². The number of nitrogens with zero attached hydrogens (tertiary/aromatic N) is 1. The molecule has 0 spiro atoms. The lowest BCUT2D eigenvalue weighted by atomic mass is 10.4. The van der Waals surface area contributed by atoms with E-state index in [0.717, 1.165) is 9.75 Å². The van der Waals surface area contributed by atoms with E-state index in [1.807, 2.05) is 19.1 Å². The number of H-pyrrole nitrogens is 1. The summed E-state index contributed by atoms with van der Waals surface area (Å²) in [5.74, 6) is 0. The lowest BCUT2D eigenvalue weighted by Crippen LogP contribution is -2.25. The van der Waals surface area contributed by atoms with Gasteiger partial charge in [-0.15, -0.1) is 11.3 Å². The fourth-order valence-electron chi connectivity index (χ4n) is 1.93. The average Bonchev–Trinajstić information content (AvgIpc) is 2.95. The van der Waals surface area contributed by atoms with Gasteiger partial charge in [0.1, 0.15) is 4.90 Å². The zero-order valence-electron chi connectivity index (χ0n) is 11.6. The summed E-state index contributed by atoms with van der Waals surface area (Å²) >= 11 is 1.58. The molecule has 0 saturated carbocycles. The summed E-state index contributed by atoms with van der Waals surface area (Å²) < 4.78 is 27.4. The Balaban J connectivity index is 2.20. The lowest BCUT2D eigenvalue weighted by molar-refractivity contribution is 0.579. The second-order valence-electron chi connectivity index (χ2n) is 4.49. The van der Waals surface area contributed by atoms with Crippen LogP contribution in [0.15, 0.2) is 17.0 Å². The van der Waals surface area contributed by atoms with Gasteiger partial charge in [-0.3, -0.25) is 5.10 Å². The van der Waals surface area contributed by atoms with Crippen molar-refractivity contribution in [2.45, 2.75) is 31.8 Å². The van der Waals surface area contributed by atoms with Crippen molar-refractivity contribution in [1.82, 2.24) is 20.2 Å². The summed E-state index contributed by atoms with van der Waals surface area (Å²) in [6.45, 7) is 4.40. The van der Waals surface area contributed by atoms with Crippen LogP contribution < -0.4 is 10.0 Å². The number of rotatable bonds is 6. The first-order valence-electron chi connectivity index (χ1n) is 6.17. The minimum absolute atomic E-state index is 0.236. The number of sulfonamides is 1. The largest absolute Gasteiger partial charge is 0.314 e. The monoisotopic (exact) mass is 314 g/mol. The molecule has 110 valence electrons. The molecule has 0 amide bonds. The zero-order valence-corrected chi connectivity index (χ0v) is 13.3. The van der Waals surface area contributed by atoms with Crippen LogP contribution in [0.25, 0.3) is 0 Å². The van der Waals surface area contributed by atoms with Crippen molar-refractivity contribution in [2.75, 3.05) is 7.05 Å². The molecule has 20 heavy (non-hydrogen) atoms. The van der Waals surface area contributed by atoms with Gasteiger partial charge in [0.05, 0.1) is 11.4 Å². The number of hydrogen-bond acceptors (Lipinski definition) is 5. The number of aromatic amines is 1. The Morgan fingerprint density at radius 1 is 1.30 bits per heavy atom. The quantitative estimate of drug-likeness (QED) is 0.750. The predicted octanol–water partition coefficient (Wildman–Crippen LogP) is 1.29. The molecular formula is C12H18N4O2S2. The van der Waals surface area contributed by atoms with Crippen LogP contribution in [0.2, 0.25) is 0 Å². The van der Waals surface area contributed by atoms with Crippen molar-refractivity contribution in [3.8, 4) is 0 Å². The van der Waals surface area contributed by atoms with Crippen LogP contribution in [0.1, 0.15) is 21.1 Å². The molecule has 0 atom stereocenters. The van der Waals surface area contributed by atoms with E-state index in [9.17, 15) is 8.42 Å². The van der Waals surface area contributed by atoms with Crippen LogP contribution >= 0.6 is 11.3 Å². The van der Waals surface area contributed by atoms with E-state index in [1.54, 1.807) is 25.3 Å². The Labute approximate surface area is 122 Å². The molecule has 0 unspecified atom stereocenters. The molecular weight excluding hydrogens is 296 g/mol. The van der Waals surface area contributed by atoms with E-state index >= 15 is 0 Å². The fraction of sp³-hybridized carbons (Fsp3) is 0.417. The second-order valence-corrected chi connectivity index (χ2v) is 7.57. The van der Waals surface area contributed by atoms with Gasteiger partial charge in [-0.2, -0.15) is 5.10 Å². The number of hydrogen-bond donors (Lipinski definition) is 3. The van der Waals surface area contributed by atoms with Crippen molar-refractivity contribution in [1.29, 1.82) is 0 Å². The van der Waals surface area contributed by atoms with Gasteiger partial charge in [0, 0.05) is 22.8 Å². The Bertz CT molecular complexity index is 688. The minimum atomic E-state index is -3.57. The van der Waals surface area contributed by atoms with E-state index in [-0.39, 0.29) is 4.90 Å². The minimum Gasteiger partial charge on any atom is -0.314 e. The molecule has 2 aromatic heterocycles. The standard InChI is InChI=1S/C12H18N4O2S2/c1-8-4-5-10(19-8)6-14-20(17,18)12-9(2)15-16-11(12)7-13-3/h4-5,13-14H,6-7H2,1-3H3,(H,15,16). The molecule has 2 aromatic rings. The van der Waals surface area contributed by atoms with Gasteiger partial charge in [0.2, 0.25) is 10.0 Å². The van der Waals surface area contributed by atoms with Gasteiger partial charge in [0.25, 0.3) is 0 Å². The fourth-order valence-corrected chi connectivity index (χ4v) is 4.22. The van der Waals surface area contributed by atoms with Crippen LogP contribution in [0.4, 0.5) is 0 Å². The molecule has 6 nitrogen and oxygen atoms in total. The van der Waals surface area contributed by atoms with Crippen LogP contribution in [-0.2, 0) is 23.1 Å². The number of nitrogens with one attached hydrogen (secondary N) is 3.